The van der Waals surface area contributed by atoms with Crippen molar-refractivity contribution in [1.82, 2.24) is 20.2 Å². The van der Waals surface area contributed by atoms with Gasteiger partial charge in [0.25, 0.3) is 5.91 Å². The molecule has 2 aromatic rings. The summed E-state index contributed by atoms with van der Waals surface area (Å²) in [7, 11) is 0. The molecule has 0 atom stereocenters. The average Bonchev–Trinajstić information content (AvgIpc) is 3.11. The molecule has 3 heterocycles. The standard InChI is InChI=1S/C17H22N4O2S/c1-17(2,21-7-9-23-10-8-21)12-20-15(22)14-11-19-16(24-14)13-5-3-4-6-18-13/h3-6,11H,7-10,12H2,1-2H3,(H,20,22). The van der Waals surface area contributed by atoms with E-state index in [9.17, 15) is 4.79 Å². The van der Waals surface area contributed by atoms with Gasteiger partial charge in [-0.1, -0.05) is 6.07 Å². The van der Waals surface area contributed by atoms with E-state index in [1.54, 1.807) is 12.4 Å². The molecule has 0 aliphatic carbocycles. The zero-order valence-corrected chi connectivity index (χ0v) is 14.8. The minimum absolute atomic E-state index is 0.0870. The number of thiazole rings is 1. The molecule has 7 heteroatoms. The van der Waals surface area contributed by atoms with E-state index in [0.29, 0.717) is 11.4 Å². The minimum atomic E-state index is -0.103. The minimum Gasteiger partial charge on any atom is -0.379 e. The highest BCUT2D eigenvalue weighted by Crippen LogP contribution is 2.23. The van der Waals surface area contributed by atoms with Crippen LogP contribution in [-0.2, 0) is 4.74 Å². The predicted molar refractivity (Wildman–Crippen MR) is 94.1 cm³/mol. The van der Waals surface area contributed by atoms with E-state index in [2.05, 4.69) is 34.0 Å². The lowest BCUT2D eigenvalue weighted by Crippen LogP contribution is -2.55. The molecule has 0 radical (unpaired) electrons. The van der Waals surface area contributed by atoms with Crippen molar-refractivity contribution in [1.29, 1.82) is 0 Å². The first-order valence-corrected chi connectivity index (χ1v) is 8.86. The fourth-order valence-corrected chi connectivity index (χ4v) is 3.46. The van der Waals surface area contributed by atoms with Crippen LogP contribution < -0.4 is 5.32 Å². The maximum Gasteiger partial charge on any atom is 0.263 e. The van der Waals surface area contributed by atoms with Gasteiger partial charge in [-0.15, -0.1) is 11.3 Å². The number of pyridine rings is 1. The molecule has 0 saturated carbocycles. The molecule has 24 heavy (non-hydrogen) atoms. The number of carbonyl (C=O) groups is 1. The zero-order valence-electron chi connectivity index (χ0n) is 14.0. The van der Waals surface area contributed by atoms with Crippen LogP contribution in [0.5, 0.6) is 0 Å². The first-order valence-electron chi connectivity index (χ1n) is 8.04. The highest BCUT2D eigenvalue weighted by Gasteiger charge is 2.28. The maximum atomic E-state index is 12.4. The number of carbonyl (C=O) groups excluding carboxylic acids is 1. The Bertz CT molecular complexity index is 681. The zero-order chi connectivity index (χ0) is 17.0. The second-order valence-corrected chi connectivity index (χ2v) is 7.37. The van der Waals surface area contributed by atoms with E-state index in [1.165, 1.54) is 11.3 Å². The number of hydrogen-bond acceptors (Lipinski definition) is 6. The fourth-order valence-electron chi connectivity index (χ4n) is 2.65. The normalized spacial score (nSPS) is 16.1. The topological polar surface area (TPSA) is 67.4 Å². The van der Waals surface area contributed by atoms with Gasteiger partial charge in [-0.2, -0.15) is 0 Å². The lowest BCUT2D eigenvalue weighted by molar-refractivity contribution is -0.00922. The molecule has 2 aromatic heterocycles. The van der Waals surface area contributed by atoms with Crippen LogP contribution in [0.1, 0.15) is 23.5 Å². The molecule has 1 aliphatic heterocycles. The van der Waals surface area contributed by atoms with Gasteiger partial charge in [-0.25, -0.2) is 4.98 Å². The van der Waals surface area contributed by atoms with Crippen LogP contribution in [0.15, 0.2) is 30.6 Å². The smallest absolute Gasteiger partial charge is 0.263 e. The SMILES string of the molecule is CC(C)(CNC(=O)c1cnc(-c2ccccn2)s1)N1CCOCC1. The van der Waals surface area contributed by atoms with Gasteiger partial charge in [0.1, 0.15) is 9.88 Å². The van der Waals surface area contributed by atoms with Gasteiger partial charge in [0.15, 0.2) is 0 Å². The molecule has 1 amide bonds. The van der Waals surface area contributed by atoms with Crippen LogP contribution in [0.25, 0.3) is 10.7 Å². The summed E-state index contributed by atoms with van der Waals surface area (Å²) in [4.78, 5) is 23.9. The Kier molecular flexibility index (Phi) is 5.23. The number of morpholine rings is 1. The van der Waals surface area contributed by atoms with Crippen molar-refractivity contribution in [2.75, 3.05) is 32.8 Å². The van der Waals surface area contributed by atoms with Crippen molar-refractivity contribution < 1.29 is 9.53 Å². The van der Waals surface area contributed by atoms with Crippen molar-refractivity contribution >= 4 is 17.2 Å². The lowest BCUT2D eigenvalue weighted by Gasteiger charge is -2.40. The van der Waals surface area contributed by atoms with Gasteiger partial charge in [-0.3, -0.25) is 14.7 Å². The van der Waals surface area contributed by atoms with Crippen molar-refractivity contribution in [3.63, 3.8) is 0 Å². The Morgan fingerprint density at radius 1 is 1.33 bits per heavy atom. The van der Waals surface area contributed by atoms with Crippen LogP contribution >= 0.6 is 11.3 Å². The van der Waals surface area contributed by atoms with Crippen LogP contribution in [0, 0.1) is 0 Å². The summed E-state index contributed by atoms with van der Waals surface area (Å²) >= 11 is 1.36. The molecule has 0 unspecified atom stereocenters. The summed E-state index contributed by atoms with van der Waals surface area (Å²) in [5, 5.41) is 3.79. The van der Waals surface area contributed by atoms with E-state index in [0.717, 1.165) is 37.0 Å². The van der Waals surface area contributed by atoms with Gasteiger partial charge in [0.2, 0.25) is 0 Å². The Labute approximate surface area is 145 Å². The summed E-state index contributed by atoms with van der Waals surface area (Å²) in [5.41, 5.74) is 0.684. The summed E-state index contributed by atoms with van der Waals surface area (Å²) in [6.45, 7) is 8.16. The molecule has 1 fully saturated rings. The molecule has 128 valence electrons. The highest BCUT2D eigenvalue weighted by molar-refractivity contribution is 7.16. The van der Waals surface area contributed by atoms with Gasteiger partial charge >= 0.3 is 0 Å². The third-order valence-corrected chi connectivity index (χ3v) is 5.18. The van der Waals surface area contributed by atoms with Gasteiger partial charge in [0, 0.05) is 31.4 Å². The molecule has 1 aliphatic rings. The van der Waals surface area contributed by atoms with E-state index in [1.807, 2.05) is 18.2 Å². The van der Waals surface area contributed by atoms with E-state index >= 15 is 0 Å². The van der Waals surface area contributed by atoms with Crippen molar-refractivity contribution in [2.45, 2.75) is 19.4 Å². The molecule has 0 bridgehead atoms. The fraction of sp³-hybridized carbons (Fsp3) is 0.471. The van der Waals surface area contributed by atoms with Gasteiger partial charge in [-0.05, 0) is 26.0 Å². The van der Waals surface area contributed by atoms with Crippen molar-refractivity contribution in [3.8, 4) is 10.7 Å². The number of amides is 1. The molecule has 1 N–H and O–H groups in total. The molecule has 3 rings (SSSR count). The number of ether oxygens (including phenoxy) is 1. The molecular formula is C17H22N4O2S. The number of rotatable bonds is 5. The molecule has 1 saturated heterocycles. The lowest BCUT2D eigenvalue weighted by atomic mass is 10.0. The number of hydrogen-bond donors (Lipinski definition) is 1. The Morgan fingerprint density at radius 3 is 2.83 bits per heavy atom. The second kappa shape index (κ2) is 7.38. The van der Waals surface area contributed by atoms with Crippen molar-refractivity contribution in [2.24, 2.45) is 0 Å². The van der Waals surface area contributed by atoms with E-state index in [4.69, 9.17) is 4.74 Å². The monoisotopic (exact) mass is 346 g/mol. The van der Waals surface area contributed by atoms with Gasteiger partial charge < -0.3 is 10.1 Å². The first-order chi connectivity index (χ1) is 11.6. The Morgan fingerprint density at radius 2 is 2.12 bits per heavy atom. The predicted octanol–water partition coefficient (Wildman–Crippen LogP) is 2.05. The molecule has 0 spiro atoms. The van der Waals surface area contributed by atoms with Gasteiger partial charge in [0.05, 0.1) is 25.1 Å². The molecule has 0 aromatic carbocycles. The summed E-state index contributed by atoms with van der Waals surface area (Å²) in [6, 6.07) is 5.66. The third-order valence-electron chi connectivity index (χ3n) is 4.16. The second-order valence-electron chi connectivity index (χ2n) is 6.34. The Hall–Kier alpha value is -1.83. The van der Waals surface area contributed by atoms with Crippen LogP contribution in [0.4, 0.5) is 0 Å². The highest BCUT2D eigenvalue weighted by atomic mass is 32.1. The van der Waals surface area contributed by atoms with Crippen LogP contribution in [0.3, 0.4) is 0 Å². The first kappa shape index (κ1) is 17.0. The summed E-state index contributed by atoms with van der Waals surface area (Å²) in [6.07, 6.45) is 3.34. The Balaban J connectivity index is 1.60. The van der Waals surface area contributed by atoms with Crippen molar-refractivity contribution in [3.05, 3.63) is 35.5 Å². The largest absolute Gasteiger partial charge is 0.379 e. The maximum absolute atomic E-state index is 12.4. The average molecular weight is 346 g/mol. The number of nitrogens with one attached hydrogen (secondary N) is 1. The number of aromatic nitrogens is 2. The van der Waals surface area contributed by atoms with E-state index in [-0.39, 0.29) is 11.4 Å². The van der Waals surface area contributed by atoms with E-state index < -0.39 is 0 Å². The molecule has 6 nitrogen and oxygen atoms in total. The van der Waals surface area contributed by atoms with Crippen LogP contribution in [0.2, 0.25) is 0 Å². The third kappa shape index (κ3) is 3.98. The summed E-state index contributed by atoms with van der Waals surface area (Å²) in [5.74, 6) is -0.0870. The summed E-state index contributed by atoms with van der Waals surface area (Å²) < 4.78 is 5.39. The quantitative estimate of drug-likeness (QED) is 0.897. The van der Waals surface area contributed by atoms with Crippen LogP contribution in [-0.4, -0.2) is 59.2 Å². The molecular weight excluding hydrogens is 324 g/mol. The number of nitrogens with zero attached hydrogens (tertiary/aromatic N) is 3.